The Labute approximate surface area is 244 Å². The third-order valence-corrected chi connectivity index (χ3v) is 8.30. The second kappa shape index (κ2) is 13.2. The van der Waals surface area contributed by atoms with E-state index in [9.17, 15) is 9.59 Å². The molecule has 0 spiro atoms. The first kappa shape index (κ1) is 30.1. The third kappa shape index (κ3) is 7.46. The molecule has 2 aromatic carbocycles. The van der Waals surface area contributed by atoms with Crippen molar-refractivity contribution in [2.75, 3.05) is 19.8 Å². The Morgan fingerprint density at radius 1 is 1.18 bits per heavy atom. The number of carbonyl (C=O) groups is 2. The second-order valence-corrected chi connectivity index (χ2v) is 12.5. The molecule has 0 radical (unpaired) electrons. The minimum Gasteiger partial charge on any atom is -0.466 e. The van der Waals surface area contributed by atoms with Crippen LogP contribution in [0.5, 0.6) is 0 Å². The van der Waals surface area contributed by atoms with Crippen molar-refractivity contribution in [2.45, 2.75) is 78.4 Å². The summed E-state index contributed by atoms with van der Waals surface area (Å²) in [6, 6.07) is 16.2. The molecule has 0 aromatic heterocycles. The lowest BCUT2D eigenvalue weighted by Crippen LogP contribution is -2.54. The maximum Gasteiger partial charge on any atom is 0.322 e. The number of urea groups is 1. The summed E-state index contributed by atoms with van der Waals surface area (Å²) in [4.78, 5) is 27.0. The number of ether oxygens (including phenoxy) is 2. The van der Waals surface area contributed by atoms with Crippen molar-refractivity contribution in [1.82, 2.24) is 10.2 Å². The second-order valence-electron chi connectivity index (χ2n) is 12.1. The molecule has 2 amide bonds. The van der Waals surface area contributed by atoms with Gasteiger partial charge >= 0.3 is 12.0 Å². The summed E-state index contributed by atoms with van der Waals surface area (Å²) in [6.07, 6.45) is 6.63. The van der Waals surface area contributed by atoms with Crippen LogP contribution >= 0.6 is 11.6 Å². The van der Waals surface area contributed by atoms with Gasteiger partial charge in [0.25, 0.3) is 0 Å². The van der Waals surface area contributed by atoms with Crippen LogP contribution in [0.1, 0.15) is 76.5 Å². The highest BCUT2D eigenvalue weighted by Gasteiger charge is 2.49. The Bertz CT molecular complexity index is 1210. The molecule has 2 unspecified atom stereocenters. The largest absolute Gasteiger partial charge is 0.466 e. The summed E-state index contributed by atoms with van der Waals surface area (Å²) in [5, 5.41) is 4.07. The van der Waals surface area contributed by atoms with E-state index in [0.717, 1.165) is 59.4 Å². The standard InChI is InChI=1S/C33H43ClN2O4/c1-5-40-30(37)15-19-36-22-28-25(16-20-39-23-24-9-7-6-8-10-24)14-18-33(28,35-31(36)38)27-12-11-26(29(34)21-27)13-17-32(2,3)4/h6-12,21-22,25H,5,13-20,23H2,1-4H3,(H,35,38). The summed E-state index contributed by atoms with van der Waals surface area (Å²) in [6.45, 7) is 10.3. The molecule has 1 fully saturated rings. The zero-order chi connectivity index (χ0) is 28.8. The number of rotatable bonds is 12. The van der Waals surface area contributed by atoms with Crippen molar-refractivity contribution in [1.29, 1.82) is 0 Å². The van der Waals surface area contributed by atoms with Gasteiger partial charge in [-0.1, -0.05) is 74.8 Å². The Kier molecular flexibility index (Phi) is 9.96. The Balaban J connectivity index is 1.55. The van der Waals surface area contributed by atoms with E-state index in [0.29, 0.717) is 19.8 Å². The van der Waals surface area contributed by atoms with Gasteiger partial charge in [-0.25, -0.2) is 4.79 Å². The number of carbonyl (C=O) groups excluding carboxylic acids is 2. The number of benzene rings is 2. The highest BCUT2D eigenvalue weighted by molar-refractivity contribution is 6.31. The van der Waals surface area contributed by atoms with E-state index >= 15 is 0 Å². The van der Waals surface area contributed by atoms with E-state index in [4.69, 9.17) is 21.1 Å². The van der Waals surface area contributed by atoms with Crippen LogP contribution in [-0.2, 0) is 32.8 Å². The van der Waals surface area contributed by atoms with E-state index in [1.165, 1.54) is 0 Å². The van der Waals surface area contributed by atoms with E-state index in [1.807, 2.05) is 30.5 Å². The summed E-state index contributed by atoms with van der Waals surface area (Å²) in [5.41, 5.74) is 4.05. The van der Waals surface area contributed by atoms with Gasteiger partial charge in [-0.15, -0.1) is 0 Å². The SMILES string of the molecule is CCOC(=O)CCN1C=C2C(CCOCc3ccccc3)CCC2(c2ccc(CCC(C)(C)C)c(Cl)c2)NC1=O. The van der Waals surface area contributed by atoms with Crippen LogP contribution in [0.3, 0.4) is 0 Å². The summed E-state index contributed by atoms with van der Waals surface area (Å²) in [5.74, 6) is -0.0683. The lowest BCUT2D eigenvalue weighted by molar-refractivity contribution is -0.143. The molecular formula is C33H43ClN2O4. The van der Waals surface area contributed by atoms with Crippen molar-refractivity contribution < 1.29 is 19.1 Å². The van der Waals surface area contributed by atoms with Gasteiger partial charge < -0.3 is 19.7 Å². The molecule has 4 rings (SSSR count). The molecule has 40 heavy (non-hydrogen) atoms. The fourth-order valence-electron chi connectivity index (χ4n) is 5.68. The molecule has 216 valence electrons. The first-order valence-corrected chi connectivity index (χ1v) is 14.9. The summed E-state index contributed by atoms with van der Waals surface area (Å²) >= 11 is 6.83. The van der Waals surface area contributed by atoms with Crippen LogP contribution in [0.2, 0.25) is 5.02 Å². The molecule has 2 atom stereocenters. The molecule has 2 aliphatic rings. The summed E-state index contributed by atoms with van der Waals surface area (Å²) in [7, 11) is 0. The predicted molar refractivity (Wildman–Crippen MR) is 159 cm³/mol. The Morgan fingerprint density at radius 2 is 1.95 bits per heavy atom. The van der Waals surface area contributed by atoms with Crippen LogP contribution in [0.4, 0.5) is 4.79 Å². The number of halogens is 1. The van der Waals surface area contributed by atoms with Gasteiger partial charge in [0.1, 0.15) is 0 Å². The van der Waals surface area contributed by atoms with Gasteiger partial charge in [-0.2, -0.15) is 0 Å². The molecule has 1 N–H and O–H groups in total. The van der Waals surface area contributed by atoms with Crippen molar-refractivity contribution in [3.8, 4) is 0 Å². The molecule has 1 heterocycles. The predicted octanol–water partition coefficient (Wildman–Crippen LogP) is 7.39. The molecule has 7 heteroatoms. The number of hydrogen-bond donors (Lipinski definition) is 1. The number of esters is 1. The maximum atomic E-state index is 13.3. The van der Waals surface area contributed by atoms with Crippen LogP contribution < -0.4 is 5.32 Å². The Hall–Kier alpha value is -2.83. The van der Waals surface area contributed by atoms with Gasteiger partial charge in [0, 0.05) is 24.4 Å². The minimum atomic E-state index is -0.617. The van der Waals surface area contributed by atoms with Crippen LogP contribution in [0.25, 0.3) is 0 Å². The highest BCUT2D eigenvalue weighted by atomic mass is 35.5. The minimum absolute atomic E-state index is 0.150. The summed E-state index contributed by atoms with van der Waals surface area (Å²) < 4.78 is 11.1. The lowest BCUT2D eigenvalue weighted by Gasteiger charge is -2.41. The molecule has 1 aliphatic carbocycles. The van der Waals surface area contributed by atoms with E-state index < -0.39 is 5.54 Å². The molecule has 0 saturated heterocycles. The number of hydrogen-bond acceptors (Lipinski definition) is 4. The van der Waals surface area contributed by atoms with Gasteiger partial charge in [0.15, 0.2) is 0 Å². The molecule has 0 bridgehead atoms. The lowest BCUT2D eigenvalue weighted by atomic mass is 9.80. The average Bonchev–Trinajstić information content (AvgIpc) is 3.27. The van der Waals surface area contributed by atoms with Crippen molar-refractivity contribution in [2.24, 2.45) is 11.3 Å². The first-order valence-electron chi connectivity index (χ1n) is 14.5. The normalized spacial score (nSPS) is 20.6. The topological polar surface area (TPSA) is 67.9 Å². The average molecular weight is 567 g/mol. The van der Waals surface area contributed by atoms with Crippen LogP contribution in [-0.4, -0.2) is 36.7 Å². The van der Waals surface area contributed by atoms with E-state index in [2.05, 4.69) is 50.4 Å². The number of aryl methyl sites for hydroxylation is 1. The zero-order valence-electron chi connectivity index (χ0n) is 24.3. The fraction of sp³-hybridized carbons (Fsp3) is 0.515. The monoisotopic (exact) mass is 566 g/mol. The smallest absolute Gasteiger partial charge is 0.322 e. The van der Waals surface area contributed by atoms with Crippen molar-refractivity contribution >= 4 is 23.6 Å². The van der Waals surface area contributed by atoms with Gasteiger partial charge in [0.05, 0.1) is 25.2 Å². The number of fused-ring (bicyclic) bond motifs is 1. The molecular weight excluding hydrogens is 524 g/mol. The highest BCUT2D eigenvalue weighted by Crippen LogP contribution is 2.50. The van der Waals surface area contributed by atoms with Gasteiger partial charge in [-0.05, 0) is 78.7 Å². The molecule has 2 aromatic rings. The maximum absolute atomic E-state index is 13.3. The van der Waals surface area contributed by atoms with Crippen molar-refractivity contribution in [3.63, 3.8) is 0 Å². The first-order chi connectivity index (χ1) is 19.1. The van der Waals surface area contributed by atoms with Gasteiger partial charge in [-0.3, -0.25) is 4.79 Å². The van der Waals surface area contributed by atoms with Crippen LogP contribution in [0.15, 0.2) is 60.3 Å². The fourth-order valence-corrected chi connectivity index (χ4v) is 5.95. The quantitative estimate of drug-likeness (QED) is 0.215. The van der Waals surface area contributed by atoms with E-state index in [1.54, 1.807) is 11.8 Å². The molecule has 1 aliphatic heterocycles. The molecule has 1 saturated carbocycles. The Morgan fingerprint density at radius 3 is 2.65 bits per heavy atom. The third-order valence-electron chi connectivity index (χ3n) is 7.95. The zero-order valence-corrected chi connectivity index (χ0v) is 25.1. The van der Waals surface area contributed by atoms with E-state index in [-0.39, 0.29) is 36.3 Å². The number of amides is 2. The van der Waals surface area contributed by atoms with Crippen molar-refractivity contribution in [3.05, 3.63) is 82.0 Å². The van der Waals surface area contributed by atoms with Crippen LogP contribution in [0, 0.1) is 11.3 Å². The number of nitrogens with one attached hydrogen (secondary N) is 1. The number of nitrogens with zero attached hydrogens (tertiary/aromatic N) is 1. The molecule has 6 nitrogen and oxygen atoms in total. The van der Waals surface area contributed by atoms with Gasteiger partial charge in [0.2, 0.25) is 0 Å².